The summed E-state index contributed by atoms with van der Waals surface area (Å²) < 4.78 is 0. The van der Waals surface area contributed by atoms with E-state index < -0.39 is 10.8 Å². The molecule has 0 spiro atoms. The number of Topliss-reactive ketones (excluding diaryl/α,β-unsaturated/α-hetero) is 1. The van der Waals surface area contributed by atoms with E-state index in [-0.39, 0.29) is 11.5 Å². The minimum Gasteiger partial charge on any atom is -0.362 e. The van der Waals surface area contributed by atoms with Crippen LogP contribution in [-0.2, 0) is 6.42 Å². The van der Waals surface area contributed by atoms with E-state index in [0.717, 1.165) is 5.56 Å². The van der Waals surface area contributed by atoms with Gasteiger partial charge in [-0.15, -0.1) is 0 Å². The van der Waals surface area contributed by atoms with Gasteiger partial charge < -0.3 is 5.53 Å². The van der Waals surface area contributed by atoms with Crippen molar-refractivity contribution >= 4 is 17.2 Å². The second-order valence-electron chi connectivity index (χ2n) is 5.07. The van der Waals surface area contributed by atoms with E-state index in [1.165, 1.54) is 24.3 Å². The van der Waals surface area contributed by atoms with Crippen molar-refractivity contribution < 1.29 is 14.5 Å². The van der Waals surface area contributed by atoms with Gasteiger partial charge >= 0.3 is 0 Å². The predicted molar refractivity (Wildman–Crippen MR) is 78.9 cm³/mol. The van der Waals surface area contributed by atoms with Crippen LogP contribution in [0.4, 0.5) is 5.69 Å². The maximum atomic E-state index is 12.7. The Morgan fingerprint density at radius 1 is 1.14 bits per heavy atom. The molecule has 0 aromatic heterocycles. The monoisotopic (exact) mass is 293 g/mol. The molecule has 0 N–H and O–H groups in total. The van der Waals surface area contributed by atoms with Gasteiger partial charge in [0.15, 0.2) is 5.78 Å². The molecule has 2 aromatic carbocycles. The maximum Gasteiger partial charge on any atom is 0.288 e. The number of ketones is 1. The van der Waals surface area contributed by atoms with Gasteiger partial charge in [-0.3, -0.25) is 14.9 Å². The van der Waals surface area contributed by atoms with Gasteiger partial charge in [0.2, 0.25) is 0 Å². The number of hydrogen-bond donors (Lipinski definition) is 0. The molecule has 0 radical (unpaired) electrons. The van der Waals surface area contributed by atoms with Gasteiger partial charge in [-0.1, -0.05) is 36.4 Å². The summed E-state index contributed by atoms with van der Waals surface area (Å²) in [5.74, 6) is -0.871. The molecular formula is C16H11N3O3. The van der Waals surface area contributed by atoms with Crippen LogP contribution in [0.1, 0.15) is 27.4 Å². The van der Waals surface area contributed by atoms with Crippen LogP contribution >= 0.6 is 0 Å². The Balaban J connectivity index is 2.07. The number of fused-ring (bicyclic) bond motifs is 1. The number of hydrogen-bond acceptors (Lipinski definition) is 3. The number of carbonyl (C=O) groups is 1. The number of rotatable bonds is 2. The highest BCUT2D eigenvalue weighted by Crippen LogP contribution is 2.31. The van der Waals surface area contributed by atoms with Crippen LogP contribution in [0, 0.1) is 10.1 Å². The second-order valence-corrected chi connectivity index (χ2v) is 5.07. The van der Waals surface area contributed by atoms with Gasteiger partial charge in [0.1, 0.15) is 5.92 Å². The summed E-state index contributed by atoms with van der Waals surface area (Å²) in [6.45, 7) is 0. The Kier molecular flexibility index (Phi) is 3.37. The van der Waals surface area contributed by atoms with Crippen molar-refractivity contribution in [1.29, 1.82) is 0 Å². The van der Waals surface area contributed by atoms with Gasteiger partial charge in [0.05, 0.1) is 11.3 Å². The minimum absolute atomic E-state index is 0.0464. The molecule has 1 unspecified atom stereocenters. The first kappa shape index (κ1) is 13.9. The van der Waals surface area contributed by atoms with E-state index in [2.05, 4.69) is 4.79 Å². The fourth-order valence-corrected chi connectivity index (χ4v) is 2.74. The zero-order valence-corrected chi connectivity index (χ0v) is 11.5. The lowest BCUT2D eigenvalue weighted by Crippen LogP contribution is -2.30. The minimum atomic E-state index is -0.708. The molecule has 1 atom stereocenters. The largest absolute Gasteiger partial charge is 0.362 e. The van der Waals surface area contributed by atoms with E-state index in [0.29, 0.717) is 23.3 Å². The smallest absolute Gasteiger partial charge is 0.288 e. The summed E-state index contributed by atoms with van der Waals surface area (Å²) in [5, 5.41) is 10.7. The van der Waals surface area contributed by atoms with E-state index in [9.17, 15) is 20.4 Å². The third-order valence-electron chi connectivity index (χ3n) is 3.82. The van der Waals surface area contributed by atoms with E-state index in [1.54, 1.807) is 12.1 Å². The molecule has 0 bridgehead atoms. The lowest BCUT2D eigenvalue weighted by molar-refractivity contribution is -0.384. The van der Waals surface area contributed by atoms with Crippen molar-refractivity contribution in [2.45, 2.75) is 12.3 Å². The fourth-order valence-electron chi connectivity index (χ4n) is 2.74. The van der Waals surface area contributed by atoms with Gasteiger partial charge in [-0.25, -0.2) is 0 Å². The third kappa shape index (κ3) is 2.21. The molecule has 0 amide bonds. The molecule has 1 aliphatic carbocycles. The lowest BCUT2D eigenvalue weighted by Gasteiger charge is -2.19. The van der Waals surface area contributed by atoms with Crippen LogP contribution < -0.4 is 0 Å². The number of non-ortho nitro benzene ring substituents is 1. The molecule has 0 saturated heterocycles. The quantitative estimate of drug-likeness (QED) is 0.368. The first-order valence-corrected chi connectivity index (χ1v) is 6.69. The molecule has 108 valence electrons. The van der Waals surface area contributed by atoms with Crippen LogP contribution in [-0.4, -0.2) is 21.2 Å². The lowest BCUT2D eigenvalue weighted by atomic mass is 9.77. The maximum absolute atomic E-state index is 12.7. The predicted octanol–water partition coefficient (Wildman–Crippen LogP) is 2.79. The summed E-state index contributed by atoms with van der Waals surface area (Å²) in [4.78, 5) is 26.2. The molecule has 1 aliphatic rings. The molecule has 6 nitrogen and oxygen atoms in total. The summed E-state index contributed by atoms with van der Waals surface area (Å²) in [6.07, 6.45) is 0.375. The molecule has 6 heteroatoms. The Hall–Kier alpha value is -3.11. The fraction of sp³-hybridized carbons (Fsp3) is 0.125. The number of nitrogens with zero attached hydrogens (tertiary/aromatic N) is 3. The highest BCUT2D eigenvalue weighted by molar-refractivity contribution is 6.19. The Bertz CT molecular complexity index is 821. The first-order valence-electron chi connectivity index (χ1n) is 6.69. The van der Waals surface area contributed by atoms with Crippen LogP contribution in [0.25, 0.3) is 5.53 Å². The average Bonchev–Trinajstić information content (AvgIpc) is 2.55. The van der Waals surface area contributed by atoms with E-state index >= 15 is 0 Å². The molecule has 0 aliphatic heterocycles. The van der Waals surface area contributed by atoms with Crippen molar-refractivity contribution in [3.63, 3.8) is 0 Å². The zero-order chi connectivity index (χ0) is 15.7. The Morgan fingerprint density at radius 2 is 1.82 bits per heavy atom. The van der Waals surface area contributed by atoms with Gasteiger partial charge in [0, 0.05) is 17.7 Å². The molecule has 3 rings (SSSR count). The van der Waals surface area contributed by atoms with Gasteiger partial charge in [0.25, 0.3) is 11.4 Å². The molecule has 0 saturated carbocycles. The topological polar surface area (TPSA) is 96.6 Å². The standard InChI is InChI=1S/C16H11N3O3/c17-18-14-9-11-3-1-2-4-13(11)16(20)15(14)10-5-7-12(8-6-10)19(21)22/h1-8,15H,9H2. The average molecular weight is 293 g/mol. The SMILES string of the molecule is [N-]=[N+]=C1Cc2ccccc2C(=O)C1c1ccc([N+](=O)[O-])cc1. The molecule has 22 heavy (non-hydrogen) atoms. The van der Waals surface area contributed by atoms with Crippen LogP contribution in [0.15, 0.2) is 48.5 Å². The molecular weight excluding hydrogens is 282 g/mol. The zero-order valence-electron chi connectivity index (χ0n) is 11.5. The number of nitro groups is 1. The van der Waals surface area contributed by atoms with Crippen molar-refractivity contribution in [2.24, 2.45) is 0 Å². The number of carbonyl (C=O) groups excluding carboxylic acids is 1. The van der Waals surface area contributed by atoms with Gasteiger partial charge in [-0.2, -0.15) is 4.79 Å². The van der Waals surface area contributed by atoms with Crippen LogP contribution in [0.3, 0.4) is 0 Å². The van der Waals surface area contributed by atoms with Crippen molar-refractivity contribution in [3.05, 3.63) is 80.9 Å². The second kappa shape index (κ2) is 5.35. The molecule has 0 heterocycles. The highest BCUT2D eigenvalue weighted by atomic mass is 16.6. The summed E-state index contributed by atoms with van der Waals surface area (Å²) in [7, 11) is 0. The van der Waals surface area contributed by atoms with Crippen LogP contribution in [0.2, 0.25) is 0 Å². The van der Waals surface area contributed by atoms with Crippen LogP contribution in [0.5, 0.6) is 0 Å². The normalized spacial score (nSPS) is 16.8. The highest BCUT2D eigenvalue weighted by Gasteiger charge is 2.39. The van der Waals surface area contributed by atoms with Crippen molar-refractivity contribution in [3.8, 4) is 0 Å². The summed E-state index contributed by atoms with van der Waals surface area (Å²) in [5.41, 5.74) is 11.5. The van der Waals surface area contributed by atoms with E-state index in [1.807, 2.05) is 12.1 Å². The van der Waals surface area contributed by atoms with Crippen molar-refractivity contribution in [2.75, 3.05) is 0 Å². The number of benzene rings is 2. The number of nitro benzene ring substituents is 1. The Morgan fingerprint density at radius 3 is 2.45 bits per heavy atom. The van der Waals surface area contributed by atoms with Crippen molar-refractivity contribution in [1.82, 2.24) is 0 Å². The first-order chi connectivity index (χ1) is 10.6. The summed E-state index contributed by atoms with van der Waals surface area (Å²) in [6, 6.07) is 12.9. The van der Waals surface area contributed by atoms with Gasteiger partial charge in [-0.05, 0) is 11.1 Å². The van der Waals surface area contributed by atoms with E-state index in [4.69, 9.17) is 0 Å². The molecule has 2 aromatic rings. The summed E-state index contributed by atoms with van der Waals surface area (Å²) >= 11 is 0. The third-order valence-corrected chi connectivity index (χ3v) is 3.82. The Labute approximate surface area is 125 Å². The molecule has 0 fully saturated rings.